The van der Waals surface area contributed by atoms with Crippen molar-refractivity contribution < 1.29 is 14.3 Å². The van der Waals surface area contributed by atoms with Crippen molar-refractivity contribution in [3.05, 3.63) is 27.0 Å². The van der Waals surface area contributed by atoms with Crippen molar-refractivity contribution in [3.63, 3.8) is 0 Å². The molecule has 0 bridgehead atoms. The number of rotatable bonds is 2. The number of hydrogen-bond acceptors (Lipinski definition) is 4. The second kappa shape index (κ2) is 6.07. The van der Waals surface area contributed by atoms with Crippen molar-refractivity contribution in [3.8, 4) is 0 Å². The van der Waals surface area contributed by atoms with Crippen LogP contribution in [0, 0.1) is 0 Å². The summed E-state index contributed by atoms with van der Waals surface area (Å²) < 4.78 is 5.13. The van der Waals surface area contributed by atoms with E-state index in [0.717, 1.165) is 12.8 Å². The first kappa shape index (κ1) is 14.6. The highest BCUT2D eigenvalue weighted by atomic mass is 35.5. The van der Waals surface area contributed by atoms with Gasteiger partial charge in [0, 0.05) is 12.6 Å². The van der Waals surface area contributed by atoms with Gasteiger partial charge in [0.2, 0.25) is 0 Å². The van der Waals surface area contributed by atoms with E-state index in [1.165, 1.54) is 6.20 Å². The monoisotopic (exact) mass is 321 g/mol. The highest BCUT2D eigenvalue weighted by molar-refractivity contribution is 6.48. The summed E-state index contributed by atoms with van der Waals surface area (Å²) in [5.74, 6) is -0.834. The van der Waals surface area contributed by atoms with E-state index in [2.05, 4.69) is 4.98 Å². The molecule has 1 aromatic heterocycles. The molecule has 0 unspecified atom stereocenters. The van der Waals surface area contributed by atoms with E-state index in [0.29, 0.717) is 12.8 Å². The zero-order valence-corrected chi connectivity index (χ0v) is 12.1. The van der Waals surface area contributed by atoms with Crippen molar-refractivity contribution in [1.82, 2.24) is 4.98 Å². The number of nitrogens with zero attached hydrogens (tertiary/aromatic N) is 1. The van der Waals surface area contributed by atoms with Crippen molar-refractivity contribution >= 4 is 46.6 Å². The summed E-state index contributed by atoms with van der Waals surface area (Å²) in [6.07, 6.45) is 3.15. The summed E-state index contributed by atoms with van der Waals surface area (Å²) in [5, 5.41) is 0.125. The molecule has 1 saturated carbocycles. The van der Waals surface area contributed by atoms with Gasteiger partial charge in [-0.25, -0.2) is 9.78 Å². The molecule has 1 aliphatic carbocycles. The molecule has 102 valence electrons. The summed E-state index contributed by atoms with van der Waals surface area (Å²) in [4.78, 5) is 27.3. The molecular weight excluding hydrogens is 312 g/mol. The van der Waals surface area contributed by atoms with Gasteiger partial charge >= 0.3 is 5.97 Å². The first-order valence-corrected chi connectivity index (χ1v) is 6.87. The molecule has 0 aromatic carbocycles. The maximum absolute atomic E-state index is 11.9. The first-order chi connectivity index (χ1) is 9.00. The van der Waals surface area contributed by atoms with Gasteiger partial charge in [0.25, 0.3) is 0 Å². The molecular formula is C12H10Cl3NO3. The lowest BCUT2D eigenvalue weighted by Gasteiger charge is -2.20. The Morgan fingerprint density at radius 1 is 1.26 bits per heavy atom. The number of ketones is 1. The molecule has 1 aromatic rings. The van der Waals surface area contributed by atoms with E-state index >= 15 is 0 Å². The van der Waals surface area contributed by atoms with Gasteiger partial charge < -0.3 is 4.74 Å². The SMILES string of the molecule is O=C(O[C@@H]1CCCCC1=O)c1ncc(Cl)c(Cl)c1Cl. The molecule has 19 heavy (non-hydrogen) atoms. The van der Waals surface area contributed by atoms with Crippen molar-refractivity contribution in [1.29, 1.82) is 0 Å². The van der Waals surface area contributed by atoms with Gasteiger partial charge in [-0.05, 0) is 19.3 Å². The van der Waals surface area contributed by atoms with Crippen LogP contribution in [-0.2, 0) is 9.53 Å². The van der Waals surface area contributed by atoms with Crippen molar-refractivity contribution in [2.75, 3.05) is 0 Å². The predicted octanol–water partition coefficient (Wildman–Crippen LogP) is 3.71. The summed E-state index contributed by atoms with van der Waals surface area (Å²) in [5.41, 5.74) is -0.130. The number of hydrogen-bond donors (Lipinski definition) is 0. The van der Waals surface area contributed by atoms with Crippen LogP contribution < -0.4 is 0 Å². The van der Waals surface area contributed by atoms with Crippen molar-refractivity contribution in [2.45, 2.75) is 31.8 Å². The molecule has 0 aliphatic heterocycles. The quantitative estimate of drug-likeness (QED) is 0.779. The molecule has 0 amide bonds. The van der Waals surface area contributed by atoms with Gasteiger partial charge in [0.1, 0.15) is 0 Å². The third-order valence-electron chi connectivity index (χ3n) is 2.86. The summed E-state index contributed by atoms with van der Waals surface area (Å²) in [6.45, 7) is 0. The molecule has 1 fully saturated rings. The Kier molecular flexibility index (Phi) is 4.66. The van der Waals surface area contributed by atoms with Gasteiger partial charge in [-0.15, -0.1) is 0 Å². The standard InChI is InChI=1S/C12H10Cl3NO3/c13-6-5-16-11(10(15)9(6)14)12(18)19-8-4-2-1-3-7(8)17/h5,8H,1-4H2/t8-/m1/s1. The lowest BCUT2D eigenvalue weighted by atomic mass is 9.96. The molecule has 0 N–H and O–H groups in total. The van der Waals surface area contributed by atoms with Crippen LogP contribution in [0.15, 0.2) is 6.20 Å². The lowest BCUT2D eigenvalue weighted by molar-refractivity contribution is -0.129. The number of carbonyl (C=O) groups is 2. The van der Waals surface area contributed by atoms with Gasteiger partial charge in [-0.2, -0.15) is 0 Å². The zero-order chi connectivity index (χ0) is 14.0. The Hall–Kier alpha value is -0.840. The highest BCUT2D eigenvalue weighted by Gasteiger charge is 2.28. The normalized spacial score (nSPS) is 19.3. The zero-order valence-electron chi connectivity index (χ0n) is 9.79. The topological polar surface area (TPSA) is 56.3 Å². The van der Waals surface area contributed by atoms with E-state index in [4.69, 9.17) is 39.5 Å². The molecule has 0 spiro atoms. The average Bonchev–Trinajstić information content (AvgIpc) is 2.39. The van der Waals surface area contributed by atoms with Crippen LogP contribution in [0.25, 0.3) is 0 Å². The minimum Gasteiger partial charge on any atom is -0.450 e. The lowest BCUT2D eigenvalue weighted by Crippen LogP contribution is -2.30. The van der Waals surface area contributed by atoms with Gasteiger partial charge in [-0.1, -0.05) is 34.8 Å². The van der Waals surface area contributed by atoms with Crippen LogP contribution in [0.1, 0.15) is 36.2 Å². The summed E-state index contributed by atoms with van der Waals surface area (Å²) >= 11 is 17.4. The number of halogens is 3. The molecule has 1 aliphatic rings. The number of esters is 1. The Labute approximate surface area is 125 Å². The smallest absolute Gasteiger partial charge is 0.359 e. The number of aromatic nitrogens is 1. The van der Waals surface area contributed by atoms with Gasteiger partial charge in [-0.3, -0.25) is 4.79 Å². The maximum Gasteiger partial charge on any atom is 0.359 e. The number of ether oxygens (including phenoxy) is 1. The fraction of sp³-hybridized carbons (Fsp3) is 0.417. The second-order valence-electron chi connectivity index (χ2n) is 4.19. The fourth-order valence-corrected chi connectivity index (χ4v) is 2.40. The summed E-state index contributed by atoms with van der Waals surface area (Å²) in [7, 11) is 0. The van der Waals surface area contributed by atoms with E-state index in [9.17, 15) is 9.59 Å². The van der Waals surface area contributed by atoms with Gasteiger partial charge in [0.15, 0.2) is 17.6 Å². The maximum atomic E-state index is 11.9. The Morgan fingerprint density at radius 2 is 2.00 bits per heavy atom. The molecule has 1 atom stereocenters. The van der Waals surface area contributed by atoms with Crippen LogP contribution in [0.4, 0.5) is 0 Å². The third kappa shape index (κ3) is 3.19. The Bertz CT molecular complexity index is 533. The van der Waals surface area contributed by atoms with Gasteiger partial charge in [0.05, 0.1) is 15.1 Å². The predicted molar refractivity (Wildman–Crippen MR) is 71.9 cm³/mol. The summed E-state index contributed by atoms with van der Waals surface area (Å²) in [6, 6.07) is 0. The van der Waals surface area contributed by atoms with Crippen LogP contribution >= 0.6 is 34.8 Å². The second-order valence-corrected chi connectivity index (χ2v) is 5.35. The van der Waals surface area contributed by atoms with Crippen LogP contribution in [0.3, 0.4) is 0 Å². The molecule has 0 saturated heterocycles. The third-order valence-corrected chi connectivity index (χ3v) is 4.10. The number of Topliss-reactive ketones (excluding diaryl/α,β-unsaturated/α-hetero) is 1. The molecule has 2 rings (SSSR count). The van der Waals surface area contributed by atoms with Crippen LogP contribution in [0.5, 0.6) is 0 Å². The van der Waals surface area contributed by atoms with E-state index in [1.54, 1.807) is 0 Å². The molecule has 7 heteroatoms. The number of carbonyl (C=O) groups excluding carboxylic acids is 2. The van der Waals surface area contributed by atoms with Crippen LogP contribution in [-0.4, -0.2) is 22.8 Å². The average molecular weight is 323 g/mol. The highest BCUT2D eigenvalue weighted by Crippen LogP contribution is 2.31. The van der Waals surface area contributed by atoms with E-state index < -0.39 is 12.1 Å². The molecule has 4 nitrogen and oxygen atoms in total. The molecule has 1 heterocycles. The van der Waals surface area contributed by atoms with Crippen molar-refractivity contribution in [2.24, 2.45) is 0 Å². The number of pyridine rings is 1. The largest absolute Gasteiger partial charge is 0.450 e. The van der Waals surface area contributed by atoms with E-state index in [1.807, 2.05) is 0 Å². The Morgan fingerprint density at radius 3 is 2.68 bits per heavy atom. The first-order valence-electron chi connectivity index (χ1n) is 5.74. The Balaban J connectivity index is 2.16. The minimum atomic E-state index is -0.760. The molecule has 0 radical (unpaired) electrons. The fourth-order valence-electron chi connectivity index (χ4n) is 1.85. The minimum absolute atomic E-state index is 0.0419. The van der Waals surface area contributed by atoms with E-state index in [-0.39, 0.29) is 26.5 Å². The van der Waals surface area contributed by atoms with Crippen LogP contribution in [0.2, 0.25) is 15.1 Å².